The normalized spacial score (nSPS) is 22.7. The van der Waals surface area contributed by atoms with Gasteiger partial charge in [0.1, 0.15) is 0 Å². The molecule has 23 heavy (non-hydrogen) atoms. The second-order valence-corrected chi connectivity index (χ2v) is 8.08. The molecule has 0 radical (unpaired) electrons. The van der Waals surface area contributed by atoms with Crippen LogP contribution in [0, 0.1) is 19.3 Å². The van der Waals surface area contributed by atoms with Crippen molar-refractivity contribution in [2.75, 3.05) is 26.2 Å². The topological polar surface area (TPSA) is 33.1 Å². The largest absolute Gasteiger partial charge is 0.312 e. The van der Waals surface area contributed by atoms with Crippen LogP contribution in [-0.4, -0.2) is 46.9 Å². The summed E-state index contributed by atoms with van der Waals surface area (Å²) in [4.78, 5) is 2.66. The Morgan fingerprint density at radius 1 is 1.17 bits per heavy atom. The fourth-order valence-electron chi connectivity index (χ4n) is 3.88. The van der Waals surface area contributed by atoms with Crippen LogP contribution in [-0.2, 0) is 6.54 Å². The van der Waals surface area contributed by atoms with Crippen molar-refractivity contribution in [1.82, 2.24) is 20.0 Å². The maximum atomic E-state index is 4.65. The molecule has 1 saturated carbocycles. The van der Waals surface area contributed by atoms with E-state index in [1.165, 1.54) is 63.9 Å². The predicted molar refractivity (Wildman–Crippen MR) is 95.7 cm³/mol. The maximum absolute atomic E-state index is 4.65. The lowest BCUT2D eigenvalue weighted by atomic mass is 10.1. The van der Waals surface area contributed by atoms with Crippen molar-refractivity contribution in [3.8, 4) is 0 Å². The number of aromatic nitrogens is 2. The highest BCUT2D eigenvalue weighted by molar-refractivity contribution is 5.08. The van der Waals surface area contributed by atoms with E-state index in [1.54, 1.807) is 0 Å². The van der Waals surface area contributed by atoms with E-state index in [2.05, 4.69) is 46.8 Å². The van der Waals surface area contributed by atoms with Gasteiger partial charge in [0.05, 0.1) is 5.69 Å². The molecular weight excluding hydrogens is 284 g/mol. The summed E-state index contributed by atoms with van der Waals surface area (Å²) in [7, 11) is 0. The third-order valence-electron chi connectivity index (χ3n) is 5.60. The third-order valence-corrected chi connectivity index (χ3v) is 5.60. The maximum Gasteiger partial charge on any atom is 0.0596 e. The predicted octanol–water partition coefficient (Wildman–Crippen LogP) is 3.13. The first kappa shape index (κ1) is 17.0. The first-order valence-electron chi connectivity index (χ1n) is 9.53. The van der Waals surface area contributed by atoms with Crippen LogP contribution in [0.5, 0.6) is 0 Å². The zero-order chi connectivity index (χ0) is 16.3. The van der Waals surface area contributed by atoms with Crippen LogP contribution < -0.4 is 5.32 Å². The van der Waals surface area contributed by atoms with Gasteiger partial charge in [-0.1, -0.05) is 12.8 Å². The fourth-order valence-corrected chi connectivity index (χ4v) is 3.88. The van der Waals surface area contributed by atoms with E-state index in [9.17, 15) is 0 Å². The molecule has 2 fully saturated rings. The molecular formula is C19H34N4. The molecule has 1 aromatic heterocycles. The average Bonchev–Trinajstić information content (AvgIpc) is 3.24. The molecule has 1 unspecified atom stereocenters. The molecule has 4 nitrogen and oxygen atoms in total. The van der Waals surface area contributed by atoms with Gasteiger partial charge in [0.15, 0.2) is 0 Å². The number of likely N-dealkylation sites (tertiary alicyclic amines) is 1. The molecule has 0 spiro atoms. The Bertz CT molecular complexity index is 495. The summed E-state index contributed by atoms with van der Waals surface area (Å²) in [5.74, 6) is 0. The number of rotatable bonds is 7. The van der Waals surface area contributed by atoms with Gasteiger partial charge in [-0.3, -0.25) is 4.68 Å². The SMILES string of the molecule is Cc1cc(C)n(CC2(CNC(C)CN3CCCCCC3)CC2)n1. The lowest BCUT2D eigenvalue weighted by Gasteiger charge is -2.26. The molecule has 2 aliphatic rings. The van der Waals surface area contributed by atoms with Crippen LogP contribution in [0.3, 0.4) is 0 Å². The van der Waals surface area contributed by atoms with Crippen molar-refractivity contribution in [2.24, 2.45) is 5.41 Å². The monoisotopic (exact) mass is 318 g/mol. The Kier molecular flexibility index (Phi) is 5.42. The molecule has 1 atom stereocenters. The molecule has 130 valence electrons. The van der Waals surface area contributed by atoms with Gasteiger partial charge in [0, 0.05) is 36.8 Å². The molecule has 1 N–H and O–H groups in total. The quantitative estimate of drug-likeness (QED) is 0.838. The van der Waals surface area contributed by atoms with Gasteiger partial charge in [-0.25, -0.2) is 0 Å². The van der Waals surface area contributed by atoms with Gasteiger partial charge in [-0.15, -0.1) is 0 Å². The van der Waals surface area contributed by atoms with Crippen LogP contribution >= 0.6 is 0 Å². The molecule has 1 aromatic rings. The van der Waals surface area contributed by atoms with E-state index in [0.717, 1.165) is 18.8 Å². The van der Waals surface area contributed by atoms with Gasteiger partial charge < -0.3 is 10.2 Å². The Balaban J connectivity index is 1.44. The first-order chi connectivity index (χ1) is 11.1. The van der Waals surface area contributed by atoms with Gasteiger partial charge in [-0.05, 0) is 65.6 Å². The van der Waals surface area contributed by atoms with E-state index in [-0.39, 0.29) is 0 Å². The minimum Gasteiger partial charge on any atom is -0.312 e. The number of nitrogens with one attached hydrogen (secondary N) is 1. The van der Waals surface area contributed by atoms with Crippen molar-refractivity contribution in [3.63, 3.8) is 0 Å². The Hall–Kier alpha value is -0.870. The minimum absolute atomic E-state index is 0.455. The molecule has 3 rings (SSSR count). The molecule has 1 aliphatic heterocycles. The molecule has 0 aromatic carbocycles. The van der Waals surface area contributed by atoms with Crippen LogP contribution in [0.2, 0.25) is 0 Å². The minimum atomic E-state index is 0.455. The van der Waals surface area contributed by atoms with Crippen molar-refractivity contribution in [3.05, 3.63) is 17.5 Å². The molecule has 4 heteroatoms. The second kappa shape index (κ2) is 7.35. The van der Waals surface area contributed by atoms with Crippen LogP contribution in [0.25, 0.3) is 0 Å². The van der Waals surface area contributed by atoms with E-state index < -0.39 is 0 Å². The average molecular weight is 319 g/mol. The Morgan fingerprint density at radius 2 is 1.87 bits per heavy atom. The van der Waals surface area contributed by atoms with Crippen LogP contribution in [0.4, 0.5) is 0 Å². The highest BCUT2D eigenvalue weighted by Gasteiger charge is 2.43. The molecule has 1 aliphatic carbocycles. The first-order valence-corrected chi connectivity index (χ1v) is 9.53. The van der Waals surface area contributed by atoms with Crippen molar-refractivity contribution >= 4 is 0 Å². The van der Waals surface area contributed by atoms with Gasteiger partial charge >= 0.3 is 0 Å². The summed E-state index contributed by atoms with van der Waals surface area (Å²) in [6.07, 6.45) is 8.29. The van der Waals surface area contributed by atoms with Crippen molar-refractivity contribution < 1.29 is 0 Å². The Morgan fingerprint density at radius 3 is 2.43 bits per heavy atom. The second-order valence-electron chi connectivity index (χ2n) is 8.08. The highest BCUT2D eigenvalue weighted by atomic mass is 15.3. The van der Waals surface area contributed by atoms with E-state index in [1.807, 2.05) is 0 Å². The zero-order valence-corrected chi connectivity index (χ0v) is 15.3. The van der Waals surface area contributed by atoms with E-state index >= 15 is 0 Å². The number of hydrogen-bond donors (Lipinski definition) is 1. The van der Waals surface area contributed by atoms with Crippen LogP contribution in [0.1, 0.15) is 56.8 Å². The summed E-state index contributed by atoms with van der Waals surface area (Å²) >= 11 is 0. The zero-order valence-electron chi connectivity index (χ0n) is 15.3. The number of nitrogens with zero attached hydrogens (tertiary/aromatic N) is 3. The van der Waals surface area contributed by atoms with E-state index in [4.69, 9.17) is 0 Å². The van der Waals surface area contributed by atoms with Crippen molar-refractivity contribution in [2.45, 2.75) is 71.9 Å². The summed E-state index contributed by atoms with van der Waals surface area (Å²) in [6, 6.07) is 2.77. The lowest BCUT2D eigenvalue weighted by molar-refractivity contribution is 0.246. The van der Waals surface area contributed by atoms with Gasteiger partial charge in [0.2, 0.25) is 0 Å². The lowest BCUT2D eigenvalue weighted by Crippen LogP contribution is -2.42. The molecule has 2 heterocycles. The smallest absolute Gasteiger partial charge is 0.0596 e. The van der Waals surface area contributed by atoms with E-state index in [0.29, 0.717) is 11.5 Å². The fraction of sp³-hybridized carbons (Fsp3) is 0.842. The molecule has 0 bridgehead atoms. The van der Waals surface area contributed by atoms with Crippen molar-refractivity contribution in [1.29, 1.82) is 0 Å². The summed E-state index contributed by atoms with van der Waals surface area (Å²) in [5, 5.41) is 8.46. The summed E-state index contributed by atoms with van der Waals surface area (Å²) < 4.78 is 2.21. The third kappa shape index (κ3) is 4.80. The summed E-state index contributed by atoms with van der Waals surface area (Å²) in [5.41, 5.74) is 2.89. The standard InChI is InChI=1S/C19H34N4/c1-16-12-18(3)23(21-16)15-19(8-9-19)14-20-17(2)13-22-10-6-4-5-7-11-22/h12,17,20H,4-11,13-15H2,1-3H3. The van der Waals surface area contributed by atoms with Gasteiger partial charge in [0.25, 0.3) is 0 Å². The highest BCUT2D eigenvalue weighted by Crippen LogP contribution is 2.46. The van der Waals surface area contributed by atoms with Crippen LogP contribution in [0.15, 0.2) is 6.07 Å². The number of hydrogen-bond acceptors (Lipinski definition) is 3. The van der Waals surface area contributed by atoms with Gasteiger partial charge in [-0.2, -0.15) is 5.10 Å². The molecule has 0 amide bonds. The number of aryl methyl sites for hydroxylation is 2. The Labute approximate surface area is 141 Å². The summed E-state index contributed by atoms with van der Waals surface area (Å²) in [6.45, 7) is 12.6. The molecule has 1 saturated heterocycles.